The molecule has 1 aliphatic carbocycles. The first-order valence-corrected chi connectivity index (χ1v) is 9.10. The van der Waals surface area contributed by atoms with Crippen molar-refractivity contribution in [2.75, 3.05) is 19.7 Å². The maximum atomic E-state index is 14.2. The highest BCUT2D eigenvalue weighted by Crippen LogP contribution is 2.50. The third-order valence-electron chi connectivity index (χ3n) is 5.34. The lowest BCUT2D eigenvalue weighted by Gasteiger charge is -2.35. The molecule has 1 aliphatic heterocycles. The molecule has 2 heterocycles. The highest BCUT2D eigenvalue weighted by Gasteiger charge is 2.54. The maximum absolute atomic E-state index is 14.2. The smallest absolute Gasteiger partial charge is 0.233 e. The summed E-state index contributed by atoms with van der Waals surface area (Å²) >= 11 is 0. The summed E-state index contributed by atoms with van der Waals surface area (Å²) < 4.78 is 20.1. The molecule has 1 saturated heterocycles. The Kier molecular flexibility index (Phi) is 4.68. The van der Waals surface area contributed by atoms with Crippen molar-refractivity contribution in [1.29, 1.82) is 0 Å². The molecule has 136 valence electrons. The summed E-state index contributed by atoms with van der Waals surface area (Å²) in [5, 5.41) is 0. The summed E-state index contributed by atoms with van der Waals surface area (Å²) in [5.74, 6) is -0.246. The number of hydrogen-bond acceptors (Lipinski definition) is 4. The molecule has 1 aromatic heterocycles. The van der Waals surface area contributed by atoms with Gasteiger partial charge >= 0.3 is 0 Å². The molecule has 2 aliphatic rings. The number of benzene rings is 1. The second-order valence-corrected chi connectivity index (χ2v) is 7.05. The van der Waals surface area contributed by atoms with Crippen LogP contribution in [0.1, 0.15) is 30.5 Å². The van der Waals surface area contributed by atoms with Crippen LogP contribution in [-0.2, 0) is 21.4 Å². The topological polar surface area (TPSA) is 55.3 Å². The molecule has 6 heteroatoms. The SMILES string of the molecule is O=C(N1CCO[C@@H](CCc2ccncn2)C1)C1(c2ccccc2F)CC1. The van der Waals surface area contributed by atoms with Gasteiger partial charge in [-0.1, -0.05) is 18.2 Å². The summed E-state index contributed by atoms with van der Waals surface area (Å²) in [4.78, 5) is 23.1. The van der Waals surface area contributed by atoms with Crippen molar-refractivity contribution >= 4 is 5.91 Å². The van der Waals surface area contributed by atoms with Gasteiger partial charge in [-0.3, -0.25) is 4.79 Å². The molecular weight excluding hydrogens is 333 g/mol. The van der Waals surface area contributed by atoms with E-state index in [2.05, 4.69) is 9.97 Å². The number of carbonyl (C=O) groups excluding carboxylic acids is 1. The lowest BCUT2D eigenvalue weighted by atomic mass is 9.93. The second kappa shape index (κ2) is 7.11. The van der Waals surface area contributed by atoms with Crippen LogP contribution in [0.4, 0.5) is 4.39 Å². The van der Waals surface area contributed by atoms with E-state index in [9.17, 15) is 9.18 Å². The Balaban J connectivity index is 1.41. The van der Waals surface area contributed by atoms with Crippen molar-refractivity contribution in [2.24, 2.45) is 0 Å². The lowest BCUT2D eigenvalue weighted by Crippen LogP contribution is -2.49. The van der Waals surface area contributed by atoms with E-state index in [-0.39, 0.29) is 17.8 Å². The molecule has 1 aromatic carbocycles. The third-order valence-corrected chi connectivity index (χ3v) is 5.34. The Labute approximate surface area is 152 Å². The molecule has 1 atom stereocenters. The van der Waals surface area contributed by atoms with Crippen LogP contribution in [0.3, 0.4) is 0 Å². The zero-order valence-corrected chi connectivity index (χ0v) is 14.6. The van der Waals surface area contributed by atoms with Crippen molar-refractivity contribution in [3.05, 3.63) is 59.9 Å². The van der Waals surface area contributed by atoms with Crippen LogP contribution in [0.2, 0.25) is 0 Å². The van der Waals surface area contributed by atoms with E-state index in [1.165, 1.54) is 12.4 Å². The third kappa shape index (κ3) is 3.33. The van der Waals surface area contributed by atoms with Crippen molar-refractivity contribution in [3.8, 4) is 0 Å². The largest absolute Gasteiger partial charge is 0.375 e. The van der Waals surface area contributed by atoms with Gasteiger partial charge in [-0.15, -0.1) is 0 Å². The van der Waals surface area contributed by atoms with Crippen molar-refractivity contribution in [2.45, 2.75) is 37.2 Å². The molecule has 1 amide bonds. The molecular formula is C20H22FN3O2. The van der Waals surface area contributed by atoms with Gasteiger partial charge in [0.25, 0.3) is 0 Å². The first-order chi connectivity index (χ1) is 12.7. The van der Waals surface area contributed by atoms with E-state index in [4.69, 9.17) is 4.74 Å². The molecule has 0 N–H and O–H groups in total. The maximum Gasteiger partial charge on any atom is 0.233 e. The summed E-state index contributed by atoms with van der Waals surface area (Å²) in [7, 11) is 0. The number of carbonyl (C=O) groups is 1. The zero-order chi connectivity index (χ0) is 18.0. The Hall–Kier alpha value is -2.34. The van der Waals surface area contributed by atoms with E-state index in [0.717, 1.165) is 31.4 Å². The summed E-state index contributed by atoms with van der Waals surface area (Å²) in [5.41, 5.74) is 0.839. The van der Waals surface area contributed by atoms with Gasteiger partial charge in [-0.05, 0) is 37.8 Å². The fourth-order valence-corrected chi connectivity index (χ4v) is 3.73. The predicted molar refractivity (Wildman–Crippen MR) is 94.0 cm³/mol. The van der Waals surface area contributed by atoms with Gasteiger partial charge in [0.15, 0.2) is 0 Å². The van der Waals surface area contributed by atoms with Gasteiger partial charge in [0.2, 0.25) is 5.91 Å². The van der Waals surface area contributed by atoms with Gasteiger partial charge in [-0.2, -0.15) is 0 Å². The molecule has 5 nitrogen and oxygen atoms in total. The standard InChI is InChI=1S/C20H22FN3O2/c21-18-4-2-1-3-17(18)20(8-9-20)19(25)24-11-12-26-16(13-24)6-5-15-7-10-22-14-23-15/h1-4,7,10,14,16H,5-6,8-9,11-13H2/t16-/m0/s1. The van der Waals surface area contributed by atoms with Crippen LogP contribution in [-0.4, -0.2) is 46.6 Å². The van der Waals surface area contributed by atoms with E-state index >= 15 is 0 Å². The average molecular weight is 355 g/mol. The number of halogens is 1. The number of rotatable bonds is 5. The molecule has 0 bridgehead atoms. The molecule has 4 rings (SSSR count). The molecule has 26 heavy (non-hydrogen) atoms. The Bertz CT molecular complexity index is 780. The normalized spacial score (nSPS) is 21.4. The van der Waals surface area contributed by atoms with Crippen molar-refractivity contribution in [3.63, 3.8) is 0 Å². The Morgan fingerprint density at radius 2 is 2.15 bits per heavy atom. The Morgan fingerprint density at radius 1 is 1.31 bits per heavy atom. The molecule has 0 unspecified atom stereocenters. The number of hydrogen-bond donors (Lipinski definition) is 0. The summed E-state index contributed by atoms with van der Waals surface area (Å²) in [6.07, 6.45) is 6.27. The monoisotopic (exact) mass is 355 g/mol. The highest BCUT2D eigenvalue weighted by molar-refractivity contribution is 5.91. The van der Waals surface area contributed by atoms with Gasteiger partial charge in [0.1, 0.15) is 12.1 Å². The number of ether oxygens (including phenoxy) is 1. The fourth-order valence-electron chi connectivity index (χ4n) is 3.73. The average Bonchev–Trinajstić information content (AvgIpc) is 3.49. The van der Waals surface area contributed by atoms with Crippen LogP contribution in [0.5, 0.6) is 0 Å². The van der Waals surface area contributed by atoms with Crippen molar-refractivity contribution in [1.82, 2.24) is 14.9 Å². The van der Waals surface area contributed by atoms with Crippen LogP contribution >= 0.6 is 0 Å². The van der Waals surface area contributed by atoms with E-state index < -0.39 is 5.41 Å². The highest BCUT2D eigenvalue weighted by atomic mass is 19.1. The number of aryl methyl sites for hydroxylation is 1. The predicted octanol–water partition coefficient (Wildman–Crippen LogP) is 2.51. The zero-order valence-electron chi connectivity index (χ0n) is 14.6. The number of nitrogens with zero attached hydrogens (tertiary/aromatic N) is 3. The van der Waals surface area contributed by atoms with Crippen molar-refractivity contribution < 1.29 is 13.9 Å². The molecule has 2 aromatic rings. The minimum absolute atomic E-state index is 0.0147. The Morgan fingerprint density at radius 3 is 2.88 bits per heavy atom. The first-order valence-electron chi connectivity index (χ1n) is 9.10. The van der Waals surface area contributed by atoms with Crippen LogP contribution < -0.4 is 0 Å². The minimum atomic E-state index is -0.667. The number of morpholine rings is 1. The van der Waals surface area contributed by atoms with Gasteiger partial charge < -0.3 is 9.64 Å². The first kappa shape index (κ1) is 17.1. The van der Waals surface area contributed by atoms with Gasteiger partial charge in [-0.25, -0.2) is 14.4 Å². The fraction of sp³-hybridized carbons (Fsp3) is 0.450. The quantitative estimate of drug-likeness (QED) is 0.827. The van der Waals surface area contributed by atoms with Gasteiger partial charge in [0.05, 0.1) is 18.1 Å². The van der Waals surface area contributed by atoms with E-state index in [1.807, 2.05) is 11.0 Å². The van der Waals surface area contributed by atoms with E-state index in [0.29, 0.717) is 25.3 Å². The van der Waals surface area contributed by atoms with Gasteiger partial charge in [0, 0.05) is 30.5 Å². The molecule has 0 spiro atoms. The lowest BCUT2D eigenvalue weighted by molar-refractivity contribution is -0.141. The molecule has 1 saturated carbocycles. The molecule has 0 radical (unpaired) electrons. The molecule has 2 fully saturated rings. The number of aromatic nitrogens is 2. The number of amides is 1. The van der Waals surface area contributed by atoms with Crippen LogP contribution in [0.15, 0.2) is 42.9 Å². The second-order valence-electron chi connectivity index (χ2n) is 7.05. The van der Waals surface area contributed by atoms with E-state index in [1.54, 1.807) is 24.4 Å². The summed E-state index contributed by atoms with van der Waals surface area (Å²) in [6.45, 7) is 1.65. The minimum Gasteiger partial charge on any atom is -0.375 e. The van der Waals surface area contributed by atoms with Crippen LogP contribution in [0, 0.1) is 5.82 Å². The summed E-state index contributed by atoms with van der Waals surface area (Å²) in [6, 6.07) is 8.54. The van der Waals surface area contributed by atoms with Crippen LogP contribution in [0.25, 0.3) is 0 Å².